The van der Waals surface area contributed by atoms with Gasteiger partial charge in [0, 0.05) is 31.0 Å². The third-order valence-corrected chi connectivity index (χ3v) is 4.69. The van der Waals surface area contributed by atoms with Crippen molar-refractivity contribution in [1.29, 1.82) is 0 Å². The van der Waals surface area contributed by atoms with Gasteiger partial charge >= 0.3 is 0 Å². The molecule has 2 aromatic carbocycles. The van der Waals surface area contributed by atoms with Crippen molar-refractivity contribution in [2.45, 2.75) is 26.2 Å². The Morgan fingerprint density at radius 1 is 0.862 bits per heavy atom. The first-order valence-corrected chi connectivity index (χ1v) is 9.65. The van der Waals surface area contributed by atoms with Crippen LogP contribution in [0.3, 0.4) is 0 Å². The Balaban J connectivity index is 1.62. The summed E-state index contributed by atoms with van der Waals surface area (Å²) in [5.41, 5.74) is 4.64. The standard InChI is InChI=1S/C24H28N4O/c1-24(2,3)18-8-6-17(7-9-18)23(29)27-20-12-15-22(25-16-20)26-19-10-13-21(14-11-19)28(4)5/h6-16H,1-5H3,(H,25,26)(H,27,29). The molecule has 0 radical (unpaired) electrons. The van der Waals surface area contributed by atoms with Gasteiger partial charge in [0.25, 0.3) is 5.91 Å². The zero-order valence-electron chi connectivity index (χ0n) is 17.7. The summed E-state index contributed by atoms with van der Waals surface area (Å²) in [7, 11) is 4.02. The van der Waals surface area contributed by atoms with Crippen LogP contribution in [0.2, 0.25) is 0 Å². The average molecular weight is 389 g/mol. The van der Waals surface area contributed by atoms with Crippen LogP contribution in [0.1, 0.15) is 36.7 Å². The Morgan fingerprint density at radius 2 is 1.48 bits per heavy atom. The van der Waals surface area contributed by atoms with Gasteiger partial charge in [-0.05, 0) is 59.5 Å². The van der Waals surface area contributed by atoms with Crippen LogP contribution < -0.4 is 15.5 Å². The third kappa shape index (κ3) is 5.35. The zero-order valence-corrected chi connectivity index (χ0v) is 17.7. The van der Waals surface area contributed by atoms with E-state index in [9.17, 15) is 4.79 Å². The van der Waals surface area contributed by atoms with Crippen molar-refractivity contribution in [3.05, 3.63) is 78.0 Å². The van der Waals surface area contributed by atoms with E-state index in [2.05, 4.69) is 41.3 Å². The van der Waals surface area contributed by atoms with Gasteiger partial charge in [0.1, 0.15) is 5.82 Å². The number of carbonyl (C=O) groups excluding carboxylic acids is 1. The molecule has 0 spiro atoms. The molecule has 5 heteroatoms. The SMILES string of the molecule is CN(C)c1ccc(Nc2ccc(NC(=O)c3ccc(C(C)(C)C)cc3)cn2)cc1. The lowest BCUT2D eigenvalue weighted by molar-refractivity contribution is 0.102. The minimum Gasteiger partial charge on any atom is -0.378 e. The van der Waals surface area contributed by atoms with E-state index in [1.807, 2.05) is 74.8 Å². The quantitative estimate of drug-likeness (QED) is 0.611. The normalized spacial score (nSPS) is 11.1. The maximum atomic E-state index is 12.5. The van der Waals surface area contributed by atoms with Crippen LogP contribution >= 0.6 is 0 Å². The summed E-state index contributed by atoms with van der Waals surface area (Å²) in [6, 6.07) is 19.5. The maximum Gasteiger partial charge on any atom is 0.255 e. The molecule has 0 aliphatic rings. The fourth-order valence-electron chi connectivity index (χ4n) is 2.86. The average Bonchev–Trinajstić information content (AvgIpc) is 2.69. The van der Waals surface area contributed by atoms with Gasteiger partial charge in [-0.1, -0.05) is 32.9 Å². The van der Waals surface area contributed by atoms with Crippen LogP contribution in [0, 0.1) is 0 Å². The summed E-state index contributed by atoms with van der Waals surface area (Å²) in [4.78, 5) is 18.9. The molecule has 3 rings (SSSR count). The molecule has 0 atom stereocenters. The molecule has 0 saturated heterocycles. The van der Waals surface area contributed by atoms with Crippen molar-refractivity contribution in [2.24, 2.45) is 0 Å². The highest BCUT2D eigenvalue weighted by Gasteiger charge is 2.14. The molecular weight excluding hydrogens is 360 g/mol. The molecule has 0 bridgehead atoms. The lowest BCUT2D eigenvalue weighted by atomic mass is 9.87. The summed E-state index contributed by atoms with van der Waals surface area (Å²) in [5, 5.41) is 6.15. The number of hydrogen-bond donors (Lipinski definition) is 2. The second kappa shape index (κ2) is 8.35. The molecule has 3 aromatic rings. The molecule has 2 N–H and O–H groups in total. The molecule has 150 valence electrons. The first-order valence-electron chi connectivity index (χ1n) is 9.65. The minimum atomic E-state index is -0.146. The largest absolute Gasteiger partial charge is 0.378 e. The lowest BCUT2D eigenvalue weighted by Crippen LogP contribution is -2.14. The van der Waals surface area contributed by atoms with Crippen LogP contribution in [0.5, 0.6) is 0 Å². The number of rotatable bonds is 5. The molecule has 1 aromatic heterocycles. The molecule has 0 fully saturated rings. The predicted molar refractivity (Wildman–Crippen MR) is 121 cm³/mol. The first-order chi connectivity index (χ1) is 13.7. The van der Waals surface area contributed by atoms with Gasteiger partial charge in [-0.25, -0.2) is 4.98 Å². The number of hydrogen-bond acceptors (Lipinski definition) is 4. The molecule has 1 heterocycles. The highest BCUT2D eigenvalue weighted by atomic mass is 16.1. The van der Waals surface area contributed by atoms with Gasteiger partial charge in [-0.15, -0.1) is 0 Å². The van der Waals surface area contributed by atoms with Gasteiger partial charge in [0.15, 0.2) is 0 Å². The molecule has 29 heavy (non-hydrogen) atoms. The predicted octanol–water partition coefficient (Wildman–Crippen LogP) is 5.44. The monoisotopic (exact) mass is 388 g/mol. The number of anilines is 4. The molecule has 0 unspecified atom stereocenters. The smallest absolute Gasteiger partial charge is 0.255 e. The number of aromatic nitrogens is 1. The Labute approximate surface area is 172 Å². The summed E-state index contributed by atoms with van der Waals surface area (Å²) in [5.74, 6) is 0.572. The molecule has 0 aliphatic carbocycles. The van der Waals surface area contributed by atoms with E-state index >= 15 is 0 Å². The summed E-state index contributed by atoms with van der Waals surface area (Å²) in [6.07, 6.45) is 1.65. The topological polar surface area (TPSA) is 57.3 Å². The van der Waals surface area contributed by atoms with E-state index < -0.39 is 0 Å². The third-order valence-electron chi connectivity index (χ3n) is 4.69. The number of amides is 1. The zero-order chi connectivity index (χ0) is 21.0. The Hall–Kier alpha value is -3.34. The van der Waals surface area contributed by atoms with E-state index in [4.69, 9.17) is 0 Å². The van der Waals surface area contributed by atoms with E-state index in [0.717, 1.165) is 17.2 Å². The van der Waals surface area contributed by atoms with Crippen molar-refractivity contribution >= 4 is 28.8 Å². The number of nitrogens with one attached hydrogen (secondary N) is 2. The van der Waals surface area contributed by atoms with Gasteiger partial charge in [0.05, 0.1) is 11.9 Å². The van der Waals surface area contributed by atoms with Gasteiger partial charge in [-0.3, -0.25) is 4.79 Å². The van der Waals surface area contributed by atoms with Crippen molar-refractivity contribution in [1.82, 2.24) is 4.98 Å². The summed E-state index contributed by atoms with van der Waals surface area (Å²) < 4.78 is 0. The van der Waals surface area contributed by atoms with Crippen LogP contribution in [0.25, 0.3) is 0 Å². The number of nitrogens with zero attached hydrogens (tertiary/aromatic N) is 2. The van der Waals surface area contributed by atoms with Crippen molar-refractivity contribution < 1.29 is 4.79 Å². The minimum absolute atomic E-state index is 0.0640. The molecular formula is C24H28N4O. The van der Waals surface area contributed by atoms with E-state index in [-0.39, 0.29) is 11.3 Å². The van der Waals surface area contributed by atoms with Gasteiger partial charge < -0.3 is 15.5 Å². The van der Waals surface area contributed by atoms with E-state index in [1.54, 1.807) is 6.20 Å². The first kappa shape index (κ1) is 20.4. The highest BCUT2D eigenvalue weighted by Crippen LogP contribution is 2.23. The second-order valence-corrected chi connectivity index (χ2v) is 8.28. The molecule has 0 aliphatic heterocycles. The van der Waals surface area contributed by atoms with Crippen molar-refractivity contribution in [3.63, 3.8) is 0 Å². The number of benzene rings is 2. The van der Waals surface area contributed by atoms with Crippen LogP contribution in [-0.2, 0) is 5.41 Å². The lowest BCUT2D eigenvalue weighted by Gasteiger charge is -2.19. The fraction of sp³-hybridized carbons (Fsp3) is 0.250. The molecule has 0 saturated carbocycles. The van der Waals surface area contributed by atoms with Crippen LogP contribution in [0.15, 0.2) is 66.9 Å². The number of pyridine rings is 1. The summed E-state index contributed by atoms with van der Waals surface area (Å²) >= 11 is 0. The fourth-order valence-corrected chi connectivity index (χ4v) is 2.86. The molecule has 1 amide bonds. The second-order valence-electron chi connectivity index (χ2n) is 8.28. The maximum absolute atomic E-state index is 12.5. The Morgan fingerprint density at radius 3 is 2.00 bits per heavy atom. The molecule has 5 nitrogen and oxygen atoms in total. The number of carbonyl (C=O) groups is 1. The van der Waals surface area contributed by atoms with Gasteiger partial charge in [-0.2, -0.15) is 0 Å². The highest BCUT2D eigenvalue weighted by molar-refractivity contribution is 6.04. The van der Waals surface area contributed by atoms with E-state index in [1.165, 1.54) is 5.56 Å². The Kier molecular flexibility index (Phi) is 5.87. The van der Waals surface area contributed by atoms with Crippen LogP contribution in [-0.4, -0.2) is 25.0 Å². The summed E-state index contributed by atoms with van der Waals surface area (Å²) in [6.45, 7) is 6.46. The Bertz CT molecular complexity index is 954. The van der Waals surface area contributed by atoms with Gasteiger partial charge in [0.2, 0.25) is 0 Å². The van der Waals surface area contributed by atoms with Crippen molar-refractivity contribution in [3.8, 4) is 0 Å². The van der Waals surface area contributed by atoms with E-state index in [0.29, 0.717) is 11.3 Å². The van der Waals surface area contributed by atoms with Crippen LogP contribution in [0.4, 0.5) is 22.9 Å². The van der Waals surface area contributed by atoms with Crippen molar-refractivity contribution in [2.75, 3.05) is 29.6 Å².